The van der Waals surface area contributed by atoms with Crippen LogP contribution in [0.2, 0.25) is 0 Å². The highest BCUT2D eigenvalue weighted by atomic mass is 32.1. The fourth-order valence-electron chi connectivity index (χ4n) is 2.13. The maximum atomic E-state index is 11.9. The van der Waals surface area contributed by atoms with Crippen molar-refractivity contribution in [3.63, 3.8) is 0 Å². The second kappa shape index (κ2) is 7.38. The topological polar surface area (TPSA) is 56.1 Å². The Balaban J connectivity index is 1.96. The molecule has 2 aromatic heterocycles. The number of ether oxygens (including phenoxy) is 1. The third-order valence-corrected chi connectivity index (χ3v) is 4.16. The number of thiophene rings is 1. The SMILES string of the molecule is CCOC(=O)c1cnn(C)c1CNC(C)Cc1cccs1. The first-order valence-corrected chi connectivity index (χ1v) is 7.93. The minimum Gasteiger partial charge on any atom is -0.462 e. The number of esters is 1. The molecule has 0 spiro atoms. The molecule has 0 bridgehead atoms. The second-order valence-corrected chi connectivity index (χ2v) is 5.95. The number of rotatable bonds is 7. The first-order chi connectivity index (χ1) is 10.1. The first kappa shape index (κ1) is 15.7. The van der Waals surface area contributed by atoms with E-state index in [2.05, 4.69) is 34.9 Å². The van der Waals surface area contributed by atoms with Gasteiger partial charge in [-0.2, -0.15) is 5.10 Å². The van der Waals surface area contributed by atoms with E-state index in [4.69, 9.17) is 4.74 Å². The van der Waals surface area contributed by atoms with Crippen molar-refractivity contribution in [2.75, 3.05) is 6.61 Å². The molecule has 6 heteroatoms. The highest BCUT2D eigenvalue weighted by molar-refractivity contribution is 7.09. The lowest BCUT2D eigenvalue weighted by atomic mass is 10.2. The molecule has 1 atom stereocenters. The third kappa shape index (κ3) is 4.15. The molecule has 21 heavy (non-hydrogen) atoms. The largest absolute Gasteiger partial charge is 0.462 e. The molecule has 0 saturated carbocycles. The van der Waals surface area contributed by atoms with E-state index in [1.807, 2.05) is 7.05 Å². The lowest BCUT2D eigenvalue weighted by Gasteiger charge is -2.14. The summed E-state index contributed by atoms with van der Waals surface area (Å²) < 4.78 is 6.77. The Hall–Kier alpha value is -1.66. The molecule has 1 N–H and O–H groups in total. The second-order valence-electron chi connectivity index (χ2n) is 4.91. The summed E-state index contributed by atoms with van der Waals surface area (Å²) in [5.41, 5.74) is 1.39. The zero-order chi connectivity index (χ0) is 15.2. The molecule has 0 amide bonds. The third-order valence-electron chi connectivity index (χ3n) is 3.26. The summed E-state index contributed by atoms with van der Waals surface area (Å²) in [4.78, 5) is 13.2. The number of aromatic nitrogens is 2. The molecule has 2 rings (SSSR count). The first-order valence-electron chi connectivity index (χ1n) is 7.05. The van der Waals surface area contributed by atoms with Crippen molar-refractivity contribution >= 4 is 17.3 Å². The smallest absolute Gasteiger partial charge is 0.341 e. The molecule has 2 aromatic rings. The molecule has 0 radical (unpaired) electrons. The molecule has 5 nitrogen and oxygen atoms in total. The van der Waals surface area contributed by atoms with Crippen LogP contribution in [0.3, 0.4) is 0 Å². The molecular weight excluding hydrogens is 286 g/mol. The fraction of sp³-hybridized carbons (Fsp3) is 0.467. The zero-order valence-electron chi connectivity index (χ0n) is 12.6. The van der Waals surface area contributed by atoms with Crippen molar-refractivity contribution in [1.29, 1.82) is 0 Å². The van der Waals surface area contributed by atoms with Crippen LogP contribution in [0.1, 0.15) is 34.8 Å². The van der Waals surface area contributed by atoms with Crippen molar-refractivity contribution in [3.05, 3.63) is 39.8 Å². The van der Waals surface area contributed by atoms with E-state index in [0.29, 0.717) is 24.8 Å². The van der Waals surface area contributed by atoms with Gasteiger partial charge in [-0.3, -0.25) is 4.68 Å². The van der Waals surface area contributed by atoms with Crippen molar-refractivity contribution in [2.45, 2.75) is 32.9 Å². The number of nitrogens with one attached hydrogen (secondary N) is 1. The van der Waals surface area contributed by atoms with Gasteiger partial charge in [0, 0.05) is 24.5 Å². The van der Waals surface area contributed by atoms with Crippen molar-refractivity contribution in [1.82, 2.24) is 15.1 Å². The maximum Gasteiger partial charge on any atom is 0.341 e. The van der Waals surface area contributed by atoms with Gasteiger partial charge in [0.15, 0.2) is 0 Å². The number of carbonyl (C=O) groups is 1. The Morgan fingerprint density at radius 1 is 1.57 bits per heavy atom. The maximum absolute atomic E-state index is 11.9. The standard InChI is InChI=1S/C15H21N3O2S/c1-4-20-15(19)13-9-17-18(3)14(13)10-16-11(2)8-12-6-5-7-21-12/h5-7,9,11,16H,4,8,10H2,1-3H3. The van der Waals surface area contributed by atoms with E-state index in [9.17, 15) is 4.79 Å². The van der Waals surface area contributed by atoms with E-state index in [-0.39, 0.29) is 5.97 Å². The van der Waals surface area contributed by atoms with Crippen LogP contribution in [0.15, 0.2) is 23.7 Å². The Morgan fingerprint density at radius 3 is 3.05 bits per heavy atom. The van der Waals surface area contributed by atoms with Crippen LogP contribution < -0.4 is 5.32 Å². The van der Waals surface area contributed by atoms with Gasteiger partial charge in [0.1, 0.15) is 5.56 Å². The summed E-state index contributed by atoms with van der Waals surface area (Å²) in [6.45, 7) is 4.90. The lowest BCUT2D eigenvalue weighted by Crippen LogP contribution is -2.29. The predicted octanol–water partition coefficient (Wildman–Crippen LogP) is 2.38. The number of nitrogens with zero attached hydrogens (tertiary/aromatic N) is 2. The monoisotopic (exact) mass is 307 g/mol. The Labute approximate surface area is 128 Å². The molecule has 114 valence electrons. The van der Waals surface area contributed by atoms with Crippen LogP contribution in [0, 0.1) is 0 Å². The molecule has 0 saturated heterocycles. The summed E-state index contributed by atoms with van der Waals surface area (Å²) in [7, 11) is 1.84. The summed E-state index contributed by atoms with van der Waals surface area (Å²) in [6, 6.07) is 4.53. The van der Waals surface area contributed by atoms with Gasteiger partial charge >= 0.3 is 5.97 Å². The summed E-state index contributed by atoms with van der Waals surface area (Å²) in [5.74, 6) is -0.312. The minimum absolute atomic E-state index is 0.312. The van der Waals surface area contributed by atoms with Crippen LogP contribution in [0.5, 0.6) is 0 Å². The van der Waals surface area contributed by atoms with E-state index < -0.39 is 0 Å². The lowest BCUT2D eigenvalue weighted by molar-refractivity contribution is 0.0524. The summed E-state index contributed by atoms with van der Waals surface area (Å²) >= 11 is 1.76. The summed E-state index contributed by atoms with van der Waals surface area (Å²) in [5, 5.41) is 9.68. The van der Waals surface area contributed by atoms with E-state index in [1.165, 1.54) is 4.88 Å². The van der Waals surface area contributed by atoms with E-state index >= 15 is 0 Å². The van der Waals surface area contributed by atoms with Gasteiger partial charge < -0.3 is 10.1 Å². The van der Waals surface area contributed by atoms with Gasteiger partial charge in [0.25, 0.3) is 0 Å². The number of carbonyl (C=O) groups excluding carboxylic acids is 1. The highest BCUT2D eigenvalue weighted by Crippen LogP contribution is 2.13. The van der Waals surface area contributed by atoms with Gasteiger partial charge in [0.05, 0.1) is 18.5 Å². The molecule has 0 aliphatic rings. The van der Waals surface area contributed by atoms with Crippen LogP contribution >= 0.6 is 11.3 Å². The van der Waals surface area contributed by atoms with Gasteiger partial charge in [-0.25, -0.2) is 4.79 Å². The normalized spacial score (nSPS) is 12.3. The number of hydrogen-bond acceptors (Lipinski definition) is 5. The average Bonchev–Trinajstić information content (AvgIpc) is 3.06. The number of hydrogen-bond donors (Lipinski definition) is 1. The predicted molar refractivity (Wildman–Crippen MR) is 83.5 cm³/mol. The summed E-state index contributed by atoms with van der Waals surface area (Å²) in [6.07, 6.45) is 2.54. The van der Waals surface area contributed by atoms with Crippen LogP contribution in [-0.2, 0) is 24.8 Å². The Bertz CT molecular complexity index is 578. The van der Waals surface area contributed by atoms with Crippen LogP contribution in [0.4, 0.5) is 0 Å². The molecular formula is C15H21N3O2S. The van der Waals surface area contributed by atoms with Crippen LogP contribution in [-0.4, -0.2) is 28.4 Å². The van der Waals surface area contributed by atoms with Crippen LogP contribution in [0.25, 0.3) is 0 Å². The molecule has 0 aliphatic carbocycles. The van der Waals surface area contributed by atoms with E-state index in [1.54, 1.807) is 29.1 Å². The van der Waals surface area contributed by atoms with Gasteiger partial charge in [0.2, 0.25) is 0 Å². The van der Waals surface area contributed by atoms with Crippen molar-refractivity contribution < 1.29 is 9.53 Å². The van der Waals surface area contributed by atoms with Crippen molar-refractivity contribution in [2.24, 2.45) is 7.05 Å². The quantitative estimate of drug-likeness (QED) is 0.798. The Kier molecular flexibility index (Phi) is 5.52. The van der Waals surface area contributed by atoms with Crippen molar-refractivity contribution in [3.8, 4) is 0 Å². The number of aryl methyl sites for hydroxylation is 1. The fourth-order valence-corrected chi connectivity index (χ4v) is 2.96. The molecule has 2 heterocycles. The molecule has 0 aliphatic heterocycles. The van der Waals surface area contributed by atoms with Gasteiger partial charge in [-0.15, -0.1) is 11.3 Å². The van der Waals surface area contributed by atoms with Gasteiger partial charge in [-0.05, 0) is 31.7 Å². The molecule has 1 unspecified atom stereocenters. The molecule has 0 fully saturated rings. The highest BCUT2D eigenvalue weighted by Gasteiger charge is 2.17. The van der Waals surface area contributed by atoms with E-state index in [0.717, 1.165) is 12.1 Å². The zero-order valence-corrected chi connectivity index (χ0v) is 13.4. The van der Waals surface area contributed by atoms with Gasteiger partial charge in [-0.1, -0.05) is 6.07 Å². The minimum atomic E-state index is -0.312. The average molecular weight is 307 g/mol. The molecule has 0 aromatic carbocycles. The Morgan fingerprint density at radius 2 is 2.38 bits per heavy atom.